The lowest BCUT2D eigenvalue weighted by Crippen LogP contribution is -2.30. The van der Waals surface area contributed by atoms with Crippen LogP contribution in [0.25, 0.3) is 0 Å². The lowest BCUT2D eigenvalue weighted by Gasteiger charge is -2.21. The fourth-order valence-corrected chi connectivity index (χ4v) is 11.9. The number of esters is 4. The molecular formula is C83H142O17P2. The minimum atomic E-state index is -5.01. The zero-order valence-corrected chi connectivity index (χ0v) is 65.8. The summed E-state index contributed by atoms with van der Waals surface area (Å²) >= 11 is 0. The normalized spacial score (nSPS) is 14.5. The first-order valence-corrected chi connectivity index (χ1v) is 42.8. The van der Waals surface area contributed by atoms with Crippen LogP contribution >= 0.6 is 15.6 Å². The third kappa shape index (κ3) is 73.8. The van der Waals surface area contributed by atoms with Crippen molar-refractivity contribution in [1.82, 2.24) is 0 Å². The maximum absolute atomic E-state index is 13.1. The first-order valence-electron chi connectivity index (χ1n) is 39.8. The van der Waals surface area contributed by atoms with E-state index < -0.39 is 97.5 Å². The van der Waals surface area contributed by atoms with Gasteiger partial charge in [0.25, 0.3) is 0 Å². The molecule has 0 rings (SSSR count). The molecule has 0 aromatic carbocycles. The molecule has 0 heterocycles. The van der Waals surface area contributed by atoms with Crippen molar-refractivity contribution in [2.75, 3.05) is 39.6 Å². The number of allylic oxidation sites excluding steroid dienone is 19. The highest BCUT2D eigenvalue weighted by atomic mass is 31.2. The van der Waals surface area contributed by atoms with E-state index in [4.69, 9.17) is 37.0 Å². The predicted octanol–water partition coefficient (Wildman–Crippen LogP) is 23.1. The highest BCUT2D eigenvalue weighted by molar-refractivity contribution is 7.47. The zero-order chi connectivity index (χ0) is 74.6. The van der Waals surface area contributed by atoms with Gasteiger partial charge in [-0.25, -0.2) is 9.13 Å². The Morgan fingerprint density at radius 1 is 0.294 bits per heavy atom. The third-order valence-electron chi connectivity index (χ3n) is 16.4. The van der Waals surface area contributed by atoms with Crippen LogP contribution in [0.1, 0.15) is 323 Å². The minimum Gasteiger partial charge on any atom is -0.462 e. The molecule has 0 aromatic heterocycles. The van der Waals surface area contributed by atoms with E-state index in [1.54, 1.807) is 12.2 Å². The van der Waals surface area contributed by atoms with Crippen LogP contribution in [0.3, 0.4) is 0 Å². The van der Waals surface area contributed by atoms with Gasteiger partial charge in [0, 0.05) is 19.3 Å². The first-order chi connectivity index (χ1) is 49.7. The van der Waals surface area contributed by atoms with Gasteiger partial charge in [0.05, 0.1) is 32.8 Å². The average Bonchev–Trinajstić information content (AvgIpc) is 0.907. The van der Waals surface area contributed by atoms with Crippen LogP contribution in [0.5, 0.6) is 0 Å². The van der Waals surface area contributed by atoms with Gasteiger partial charge in [0.2, 0.25) is 0 Å². The predicted molar refractivity (Wildman–Crippen MR) is 418 cm³/mol. The van der Waals surface area contributed by atoms with Crippen molar-refractivity contribution < 1.29 is 80.2 Å². The van der Waals surface area contributed by atoms with Crippen molar-refractivity contribution >= 4 is 39.5 Å². The summed E-state index contributed by atoms with van der Waals surface area (Å²) in [5, 5.41) is 10.6. The number of unbranched alkanes of at least 4 members (excludes halogenated alkanes) is 29. The van der Waals surface area contributed by atoms with Gasteiger partial charge in [0.1, 0.15) is 19.3 Å². The van der Waals surface area contributed by atoms with Crippen molar-refractivity contribution in [2.45, 2.75) is 341 Å². The van der Waals surface area contributed by atoms with E-state index in [0.717, 1.165) is 161 Å². The molecule has 0 spiro atoms. The van der Waals surface area contributed by atoms with E-state index in [0.29, 0.717) is 25.7 Å². The molecule has 0 aliphatic heterocycles. The van der Waals surface area contributed by atoms with Gasteiger partial charge in [-0.2, -0.15) is 0 Å². The molecule has 0 radical (unpaired) electrons. The molecule has 0 aliphatic rings. The summed E-state index contributed by atoms with van der Waals surface area (Å²) in [6.45, 7) is 4.58. The summed E-state index contributed by atoms with van der Waals surface area (Å²) in [6, 6.07) is 0. The fraction of sp³-hybridized carbons (Fsp3) is 0.711. The Kier molecular flexibility index (Phi) is 71.4. The van der Waals surface area contributed by atoms with Crippen molar-refractivity contribution in [3.63, 3.8) is 0 Å². The van der Waals surface area contributed by atoms with Crippen LogP contribution < -0.4 is 0 Å². The van der Waals surface area contributed by atoms with E-state index in [1.807, 2.05) is 12.2 Å². The molecule has 5 unspecified atom stereocenters. The largest absolute Gasteiger partial charge is 0.472 e. The Balaban J connectivity index is 5.42. The quantitative estimate of drug-likeness (QED) is 0.0169. The first kappa shape index (κ1) is 97.5. The molecule has 0 amide bonds. The summed E-state index contributed by atoms with van der Waals surface area (Å²) in [5.74, 6) is -2.35. The van der Waals surface area contributed by atoms with E-state index in [9.17, 15) is 43.2 Å². The molecule has 19 heteroatoms. The number of rotatable bonds is 74. The van der Waals surface area contributed by atoms with Crippen molar-refractivity contribution in [3.05, 3.63) is 122 Å². The van der Waals surface area contributed by atoms with Crippen molar-refractivity contribution in [2.24, 2.45) is 0 Å². The van der Waals surface area contributed by atoms with Gasteiger partial charge in [-0.15, -0.1) is 0 Å². The second-order valence-electron chi connectivity index (χ2n) is 26.3. The van der Waals surface area contributed by atoms with E-state index in [-0.39, 0.29) is 25.7 Å². The standard InChI is InChI=1S/C83H142O17P2/c1-5-9-13-17-21-25-29-33-36-37-38-39-42-45-48-52-56-60-64-68-81(86)94-74-79(100-83(88)70-66-62-58-54-50-46-41-35-31-27-23-19-15-11-7-3)76-98-102(91,92)96-72-77(84)71-95-101(89,90)97-75-78(99-82(87)69-65-61-57-53-49-43-32-28-24-20-16-12-8-4)73-93-80(85)67-63-59-55-51-47-44-40-34-30-26-22-18-14-10-6-2/h11,15,21,23,25,27-28,32-36,38-41,50,54,62,66,77-79,84H,5-10,12-14,16-20,22,24,26,29-31,37,42-49,51-53,55-61,63-65,67-76H2,1-4H3,(H,89,90)(H,91,92)/b15-11-,25-21-,27-23-,32-28-,36-33-,39-38-,40-34-,41-35-,54-50-,66-62-. The highest BCUT2D eigenvalue weighted by Crippen LogP contribution is 2.45. The number of carbonyl (C=O) groups excluding carboxylic acids is 4. The van der Waals surface area contributed by atoms with E-state index >= 15 is 0 Å². The maximum atomic E-state index is 13.1. The number of phosphoric acid groups is 2. The van der Waals surface area contributed by atoms with Gasteiger partial charge < -0.3 is 33.8 Å². The third-order valence-corrected chi connectivity index (χ3v) is 18.3. The number of ether oxygens (including phenoxy) is 4. The van der Waals surface area contributed by atoms with E-state index in [1.165, 1.54) is 83.5 Å². The van der Waals surface area contributed by atoms with Gasteiger partial charge >= 0.3 is 39.5 Å². The second-order valence-corrected chi connectivity index (χ2v) is 29.2. The molecule has 3 N–H and O–H groups in total. The summed E-state index contributed by atoms with van der Waals surface area (Å²) in [7, 11) is -9.99. The Hall–Kier alpha value is -4.54. The van der Waals surface area contributed by atoms with Crippen LogP contribution in [0.4, 0.5) is 0 Å². The number of phosphoric ester groups is 2. The van der Waals surface area contributed by atoms with Crippen LogP contribution in [0.2, 0.25) is 0 Å². The number of hydrogen-bond acceptors (Lipinski definition) is 15. The molecule has 0 saturated heterocycles. The average molecular weight is 1470 g/mol. The summed E-state index contributed by atoms with van der Waals surface area (Å²) in [4.78, 5) is 72.9. The monoisotopic (exact) mass is 1470 g/mol. The van der Waals surface area contributed by atoms with Crippen LogP contribution in [0, 0.1) is 0 Å². The van der Waals surface area contributed by atoms with Gasteiger partial charge in [-0.05, 0) is 141 Å². The van der Waals surface area contributed by atoms with Crippen LogP contribution in [-0.4, -0.2) is 96.7 Å². The maximum Gasteiger partial charge on any atom is 0.472 e. The van der Waals surface area contributed by atoms with Gasteiger partial charge in [-0.1, -0.05) is 278 Å². The van der Waals surface area contributed by atoms with Gasteiger partial charge in [0.15, 0.2) is 12.2 Å². The van der Waals surface area contributed by atoms with Crippen LogP contribution in [0.15, 0.2) is 122 Å². The molecule has 5 atom stereocenters. The molecule has 0 aliphatic carbocycles. The molecular weight excluding hydrogens is 1330 g/mol. The number of hydrogen-bond donors (Lipinski definition) is 3. The van der Waals surface area contributed by atoms with Crippen molar-refractivity contribution in [3.8, 4) is 0 Å². The minimum absolute atomic E-state index is 0.0799. The lowest BCUT2D eigenvalue weighted by atomic mass is 10.1. The number of aliphatic hydroxyl groups is 1. The second kappa shape index (κ2) is 74.7. The SMILES string of the molecule is CC/C=C\C/C=C\C/C=C\C/C=C\C/C=C\CC(=O)OC(COC(=O)CCCCCCCC/C=C\C/C=C\C/C=C\CCCCC)COP(=O)(O)OCC(O)COP(=O)(O)OCC(COC(=O)CCCCCCC/C=C\CCCCCCCC)OC(=O)CCCCCCC/C=C\CCCCCC. The topological polar surface area (TPSA) is 237 Å². The Morgan fingerprint density at radius 3 is 0.912 bits per heavy atom. The summed E-state index contributed by atoms with van der Waals surface area (Å²) in [6.07, 6.45) is 82.1. The molecule has 0 bridgehead atoms. The van der Waals surface area contributed by atoms with Crippen LogP contribution in [-0.2, 0) is 65.4 Å². The summed E-state index contributed by atoms with van der Waals surface area (Å²) < 4.78 is 68.4. The zero-order valence-electron chi connectivity index (χ0n) is 64.0. The molecule has 0 aromatic rings. The summed E-state index contributed by atoms with van der Waals surface area (Å²) in [5.41, 5.74) is 0. The molecule has 586 valence electrons. The molecule has 102 heavy (non-hydrogen) atoms. The fourth-order valence-electron chi connectivity index (χ4n) is 10.4. The lowest BCUT2D eigenvalue weighted by molar-refractivity contribution is -0.161. The molecule has 0 saturated carbocycles. The molecule has 17 nitrogen and oxygen atoms in total. The number of carbonyl (C=O) groups is 4. The Bertz CT molecular complexity index is 2410. The van der Waals surface area contributed by atoms with E-state index in [2.05, 4.69) is 125 Å². The smallest absolute Gasteiger partial charge is 0.462 e. The highest BCUT2D eigenvalue weighted by Gasteiger charge is 2.30. The molecule has 0 fully saturated rings. The van der Waals surface area contributed by atoms with Crippen molar-refractivity contribution in [1.29, 1.82) is 0 Å². The Morgan fingerprint density at radius 2 is 0.549 bits per heavy atom. The van der Waals surface area contributed by atoms with Gasteiger partial charge in [-0.3, -0.25) is 37.3 Å². The number of aliphatic hydroxyl groups excluding tert-OH is 1. The Labute approximate surface area is 619 Å².